The van der Waals surface area contributed by atoms with E-state index in [-0.39, 0.29) is 53.9 Å². The molecule has 1 aromatic heterocycles. The number of nitrogens with one attached hydrogen (secondary N) is 1. The van der Waals surface area contributed by atoms with Gasteiger partial charge in [-0.3, -0.25) is 9.89 Å². The van der Waals surface area contributed by atoms with Gasteiger partial charge in [-0.05, 0) is 42.7 Å². The lowest BCUT2D eigenvalue weighted by molar-refractivity contribution is -0.164. The van der Waals surface area contributed by atoms with Crippen molar-refractivity contribution in [1.82, 2.24) is 15.1 Å². The summed E-state index contributed by atoms with van der Waals surface area (Å²) in [6.45, 7) is 0.269. The summed E-state index contributed by atoms with van der Waals surface area (Å²) in [6.07, 6.45) is -0.546. The van der Waals surface area contributed by atoms with Crippen LogP contribution in [0.1, 0.15) is 30.1 Å². The zero-order valence-corrected chi connectivity index (χ0v) is 18.3. The SMILES string of the molecule is O=C(Cc1ccc(F)c(Cl)c1)N1CCC(C(F)(F)[C@H](O)c2cc(Cl)cc3cn[nH]c23)CC1. The van der Waals surface area contributed by atoms with Gasteiger partial charge in [-0.25, -0.2) is 13.2 Å². The Balaban J connectivity index is 1.42. The van der Waals surface area contributed by atoms with E-state index in [0.717, 1.165) is 0 Å². The number of aliphatic hydroxyl groups excluding tert-OH is 1. The fourth-order valence-electron chi connectivity index (χ4n) is 4.14. The number of aromatic nitrogens is 2. The molecule has 1 atom stereocenters. The molecule has 0 bridgehead atoms. The molecule has 5 nitrogen and oxygen atoms in total. The Bertz CT molecular complexity index is 1150. The fourth-order valence-corrected chi connectivity index (χ4v) is 4.58. The minimum absolute atomic E-state index is 0.00397. The third-order valence-corrected chi connectivity index (χ3v) is 6.44. The van der Waals surface area contributed by atoms with E-state index in [2.05, 4.69) is 10.2 Å². The third-order valence-electron chi connectivity index (χ3n) is 5.93. The van der Waals surface area contributed by atoms with Gasteiger partial charge in [-0.1, -0.05) is 29.3 Å². The number of carbonyl (C=O) groups excluding carboxylic acids is 1. The number of rotatable bonds is 5. The zero-order chi connectivity index (χ0) is 23.0. The number of aliphatic hydroxyl groups is 1. The van der Waals surface area contributed by atoms with Gasteiger partial charge in [-0.15, -0.1) is 0 Å². The minimum atomic E-state index is -3.43. The van der Waals surface area contributed by atoms with Crippen LogP contribution in [0.3, 0.4) is 0 Å². The molecule has 170 valence electrons. The average molecular weight is 486 g/mol. The normalized spacial score (nSPS) is 16.5. The molecule has 32 heavy (non-hydrogen) atoms. The van der Waals surface area contributed by atoms with Crippen molar-refractivity contribution in [3.05, 3.63) is 63.5 Å². The average Bonchev–Trinajstić information content (AvgIpc) is 3.23. The summed E-state index contributed by atoms with van der Waals surface area (Å²) in [7, 11) is 0. The van der Waals surface area contributed by atoms with Crippen LogP contribution in [0.15, 0.2) is 36.5 Å². The quantitative estimate of drug-likeness (QED) is 0.524. The summed E-state index contributed by atoms with van der Waals surface area (Å²) in [5.41, 5.74) is 0.850. The summed E-state index contributed by atoms with van der Waals surface area (Å²) in [5.74, 6) is -5.36. The van der Waals surface area contributed by atoms with E-state index in [1.807, 2.05) is 0 Å². The van der Waals surface area contributed by atoms with Gasteiger partial charge in [0, 0.05) is 35.0 Å². The van der Waals surface area contributed by atoms with Crippen molar-refractivity contribution in [2.45, 2.75) is 31.3 Å². The standard InChI is InChI=1S/C22H20Cl2F3N3O2/c23-15-9-13-11-28-29-20(13)16(10-15)21(32)22(26,27)14-3-5-30(6-4-14)19(31)8-12-1-2-18(25)17(24)7-12/h1-2,7,9-11,14,21,32H,3-6,8H2,(H,28,29)/t21-/m1/s1. The predicted octanol–water partition coefficient (Wildman–Crippen LogP) is 5.16. The summed E-state index contributed by atoms with van der Waals surface area (Å²) >= 11 is 11.8. The lowest BCUT2D eigenvalue weighted by atomic mass is 9.84. The van der Waals surface area contributed by atoms with Crippen LogP contribution in [0.2, 0.25) is 10.0 Å². The molecule has 0 spiro atoms. The smallest absolute Gasteiger partial charge is 0.280 e. The fraction of sp³-hybridized carbons (Fsp3) is 0.364. The lowest BCUT2D eigenvalue weighted by Gasteiger charge is -2.38. The van der Waals surface area contributed by atoms with E-state index < -0.39 is 23.8 Å². The lowest BCUT2D eigenvalue weighted by Crippen LogP contribution is -2.45. The van der Waals surface area contributed by atoms with Gasteiger partial charge in [0.05, 0.1) is 23.2 Å². The Labute approximate surface area is 192 Å². The van der Waals surface area contributed by atoms with Crippen LogP contribution in [0.25, 0.3) is 10.9 Å². The number of H-pyrrole nitrogens is 1. The molecule has 3 aromatic rings. The molecule has 1 amide bonds. The first-order valence-corrected chi connectivity index (χ1v) is 10.8. The number of hydrogen-bond acceptors (Lipinski definition) is 3. The van der Waals surface area contributed by atoms with E-state index in [1.54, 1.807) is 6.07 Å². The van der Waals surface area contributed by atoms with Gasteiger partial charge in [0.1, 0.15) is 11.9 Å². The summed E-state index contributed by atoms with van der Waals surface area (Å²) in [6, 6.07) is 6.93. The number of benzene rings is 2. The van der Waals surface area contributed by atoms with Crippen molar-refractivity contribution < 1.29 is 23.1 Å². The Morgan fingerprint density at radius 2 is 1.97 bits per heavy atom. The Morgan fingerprint density at radius 3 is 2.66 bits per heavy atom. The van der Waals surface area contributed by atoms with Crippen molar-refractivity contribution in [3.8, 4) is 0 Å². The number of alkyl halides is 2. The van der Waals surface area contributed by atoms with E-state index in [0.29, 0.717) is 16.5 Å². The number of likely N-dealkylation sites (tertiary alicyclic amines) is 1. The van der Waals surface area contributed by atoms with Gasteiger partial charge in [-0.2, -0.15) is 5.10 Å². The molecule has 0 aliphatic carbocycles. The number of hydrogen-bond donors (Lipinski definition) is 2. The monoisotopic (exact) mass is 485 g/mol. The maximum atomic E-state index is 15.2. The molecule has 0 radical (unpaired) electrons. The first-order valence-electron chi connectivity index (χ1n) is 10.1. The van der Waals surface area contributed by atoms with E-state index >= 15 is 8.78 Å². The topological polar surface area (TPSA) is 69.2 Å². The van der Waals surface area contributed by atoms with Crippen LogP contribution in [0, 0.1) is 11.7 Å². The Morgan fingerprint density at radius 1 is 1.25 bits per heavy atom. The van der Waals surface area contributed by atoms with Crippen LogP contribution in [-0.4, -0.2) is 45.1 Å². The van der Waals surface area contributed by atoms with Crippen molar-refractivity contribution in [2.24, 2.45) is 5.92 Å². The molecule has 0 unspecified atom stereocenters. The number of amides is 1. The summed E-state index contributed by atoms with van der Waals surface area (Å²) in [5, 5.41) is 17.7. The van der Waals surface area contributed by atoms with Crippen molar-refractivity contribution in [3.63, 3.8) is 0 Å². The molecular weight excluding hydrogens is 466 g/mol. The second-order valence-electron chi connectivity index (χ2n) is 7.99. The van der Waals surface area contributed by atoms with Gasteiger partial charge in [0.25, 0.3) is 5.92 Å². The van der Waals surface area contributed by atoms with Gasteiger partial charge in [0.2, 0.25) is 5.91 Å². The van der Waals surface area contributed by atoms with Gasteiger partial charge in [0.15, 0.2) is 0 Å². The zero-order valence-electron chi connectivity index (χ0n) is 16.8. The highest BCUT2D eigenvalue weighted by Gasteiger charge is 2.48. The van der Waals surface area contributed by atoms with Crippen LogP contribution in [0.4, 0.5) is 13.2 Å². The summed E-state index contributed by atoms with van der Waals surface area (Å²) < 4.78 is 43.8. The van der Waals surface area contributed by atoms with Crippen LogP contribution >= 0.6 is 23.2 Å². The molecule has 2 aromatic carbocycles. The van der Waals surface area contributed by atoms with Crippen LogP contribution in [0.5, 0.6) is 0 Å². The van der Waals surface area contributed by atoms with E-state index in [1.165, 1.54) is 35.4 Å². The Kier molecular flexibility index (Phi) is 6.38. The second-order valence-corrected chi connectivity index (χ2v) is 8.83. The van der Waals surface area contributed by atoms with Crippen molar-refractivity contribution >= 4 is 40.0 Å². The van der Waals surface area contributed by atoms with Crippen LogP contribution < -0.4 is 0 Å². The van der Waals surface area contributed by atoms with Crippen molar-refractivity contribution in [1.29, 1.82) is 0 Å². The molecule has 4 rings (SSSR count). The second kappa shape index (κ2) is 8.92. The first-order chi connectivity index (χ1) is 15.2. The molecule has 0 saturated carbocycles. The van der Waals surface area contributed by atoms with Crippen LogP contribution in [-0.2, 0) is 11.2 Å². The van der Waals surface area contributed by atoms with Crippen molar-refractivity contribution in [2.75, 3.05) is 13.1 Å². The highest BCUT2D eigenvalue weighted by Crippen LogP contribution is 2.44. The highest BCUT2D eigenvalue weighted by atomic mass is 35.5. The molecule has 1 aliphatic rings. The molecule has 1 saturated heterocycles. The minimum Gasteiger partial charge on any atom is -0.382 e. The van der Waals surface area contributed by atoms with E-state index in [4.69, 9.17) is 23.2 Å². The van der Waals surface area contributed by atoms with Gasteiger partial charge >= 0.3 is 0 Å². The van der Waals surface area contributed by atoms with E-state index in [9.17, 15) is 14.3 Å². The molecule has 1 aliphatic heterocycles. The van der Waals surface area contributed by atoms with Gasteiger partial charge < -0.3 is 10.0 Å². The molecule has 10 heteroatoms. The largest absolute Gasteiger partial charge is 0.382 e. The molecule has 2 heterocycles. The molecule has 2 N–H and O–H groups in total. The highest BCUT2D eigenvalue weighted by molar-refractivity contribution is 6.31. The maximum Gasteiger partial charge on any atom is 0.280 e. The number of piperidine rings is 1. The number of nitrogens with zero attached hydrogens (tertiary/aromatic N) is 2. The number of halogens is 5. The molecular formula is C22H20Cl2F3N3O2. The third kappa shape index (κ3) is 4.44. The number of carbonyl (C=O) groups is 1. The molecule has 1 fully saturated rings. The maximum absolute atomic E-state index is 15.2. The Hall–Kier alpha value is -2.29. The summed E-state index contributed by atoms with van der Waals surface area (Å²) in [4.78, 5) is 14.1. The number of aromatic amines is 1. The first kappa shape index (κ1) is 22.9. The number of fused-ring (bicyclic) bond motifs is 1. The predicted molar refractivity (Wildman–Crippen MR) is 115 cm³/mol.